The summed E-state index contributed by atoms with van der Waals surface area (Å²) in [6, 6.07) is 8.73. The zero-order valence-corrected chi connectivity index (χ0v) is 13.0. The van der Waals surface area contributed by atoms with E-state index in [1.54, 1.807) is 0 Å². The van der Waals surface area contributed by atoms with Crippen LogP contribution in [0.4, 0.5) is 0 Å². The van der Waals surface area contributed by atoms with Crippen molar-refractivity contribution in [1.29, 1.82) is 0 Å². The van der Waals surface area contributed by atoms with Crippen LogP contribution in [0.15, 0.2) is 24.3 Å². The molecule has 110 valence electrons. The number of carbonyl (C=O) groups excluding carboxylic acids is 1. The van der Waals surface area contributed by atoms with Crippen LogP contribution >= 0.6 is 0 Å². The van der Waals surface area contributed by atoms with Gasteiger partial charge in [-0.25, -0.2) is 0 Å². The predicted molar refractivity (Wildman–Crippen MR) is 82.7 cm³/mol. The van der Waals surface area contributed by atoms with Crippen molar-refractivity contribution in [2.24, 2.45) is 0 Å². The van der Waals surface area contributed by atoms with E-state index in [1.165, 1.54) is 11.1 Å². The van der Waals surface area contributed by atoms with Gasteiger partial charge in [0.25, 0.3) is 0 Å². The van der Waals surface area contributed by atoms with Crippen molar-refractivity contribution in [2.75, 3.05) is 6.54 Å². The summed E-state index contributed by atoms with van der Waals surface area (Å²) >= 11 is 0. The lowest BCUT2D eigenvalue weighted by atomic mass is 9.71. The standard InChI is InChI=1S/C17H26N2O/c1-5-18-16(20)12(2)19-15-10-11-17(3,4)14-9-7-6-8-13(14)15/h6-9,12,15,19H,5,10-11H2,1-4H3,(H,18,20). The molecule has 1 aliphatic carbocycles. The van der Waals surface area contributed by atoms with Crippen LogP contribution in [0.2, 0.25) is 0 Å². The van der Waals surface area contributed by atoms with Gasteiger partial charge in [0.15, 0.2) is 0 Å². The highest BCUT2D eigenvalue weighted by Gasteiger charge is 2.33. The van der Waals surface area contributed by atoms with Crippen LogP contribution in [0.1, 0.15) is 57.7 Å². The van der Waals surface area contributed by atoms with E-state index in [0.717, 1.165) is 12.8 Å². The van der Waals surface area contributed by atoms with Gasteiger partial charge in [0.1, 0.15) is 0 Å². The van der Waals surface area contributed by atoms with Gasteiger partial charge in [-0.05, 0) is 43.2 Å². The van der Waals surface area contributed by atoms with Crippen molar-refractivity contribution in [3.8, 4) is 0 Å². The Morgan fingerprint density at radius 3 is 2.80 bits per heavy atom. The molecule has 0 fully saturated rings. The lowest BCUT2D eigenvalue weighted by Crippen LogP contribution is -2.45. The summed E-state index contributed by atoms with van der Waals surface area (Å²) in [6.45, 7) is 9.17. The third-order valence-corrected chi connectivity index (χ3v) is 4.32. The number of amides is 1. The van der Waals surface area contributed by atoms with Crippen LogP contribution in [0, 0.1) is 0 Å². The van der Waals surface area contributed by atoms with Gasteiger partial charge in [-0.1, -0.05) is 38.1 Å². The fourth-order valence-corrected chi connectivity index (χ4v) is 3.09. The van der Waals surface area contributed by atoms with Gasteiger partial charge >= 0.3 is 0 Å². The van der Waals surface area contributed by atoms with E-state index in [-0.39, 0.29) is 23.4 Å². The van der Waals surface area contributed by atoms with Crippen LogP contribution in [0.25, 0.3) is 0 Å². The molecular weight excluding hydrogens is 248 g/mol. The van der Waals surface area contributed by atoms with Crippen molar-refractivity contribution in [3.63, 3.8) is 0 Å². The molecule has 1 aromatic rings. The zero-order chi connectivity index (χ0) is 14.8. The molecule has 0 aromatic heterocycles. The first-order valence-electron chi connectivity index (χ1n) is 7.59. The molecule has 20 heavy (non-hydrogen) atoms. The topological polar surface area (TPSA) is 41.1 Å². The van der Waals surface area contributed by atoms with Crippen LogP contribution in [-0.4, -0.2) is 18.5 Å². The Hall–Kier alpha value is -1.35. The third kappa shape index (κ3) is 3.04. The second kappa shape index (κ2) is 5.96. The fourth-order valence-electron chi connectivity index (χ4n) is 3.09. The maximum atomic E-state index is 11.9. The first-order chi connectivity index (χ1) is 9.45. The lowest BCUT2D eigenvalue weighted by Gasteiger charge is -2.38. The van der Waals surface area contributed by atoms with Crippen LogP contribution < -0.4 is 10.6 Å². The van der Waals surface area contributed by atoms with E-state index in [2.05, 4.69) is 48.7 Å². The number of hydrogen-bond donors (Lipinski definition) is 2. The summed E-state index contributed by atoms with van der Waals surface area (Å²) in [5.74, 6) is 0.0785. The van der Waals surface area contributed by atoms with E-state index in [1.807, 2.05) is 13.8 Å². The maximum Gasteiger partial charge on any atom is 0.236 e. The van der Waals surface area contributed by atoms with Gasteiger partial charge in [0.05, 0.1) is 6.04 Å². The molecule has 0 bridgehead atoms. The molecule has 1 aromatic carbocycles. The molecule has 3 heteroatoms. The molecule has 0 saturated heterocycles. The van der Waals surface area contributed by atoms with Crippen molar-refractivity contribution in [2.45, 2.75) is 58.0 Å². The van der Waals surface area contributed by atoms with Gasteiger partial charge in [-0.2, -0.15) is 0 Å². The molecular formula is C17H26N2O. The average Bonchev–Trinajstić information content (AvgIpc) is 2.42. The van der Waals surface area contributed by atoms with Crippen molar-refractivity contribution in [3.05, 3.63) is 35.4 Å². The van der Waals surface area contributed by atoms with Crippen molar-refractivity contribution < 1.29 is 4.79 Å². The van der Waals surface area contributed by atoms with Crippen LogP contribution in [0.5, 0.6) is 0 Å². The van der Waals surface area contributed by atoms with Gasteiger partial charge in [0.2, 0.25) is 5.91 Å². The highest BCUT2D eigenvalue weighted by atomic mass is 16.2. The Morgan fingerprint density at radius 2 is 2.10 bits per heavy atom. The minimum absolute atomic E-state index is 0.0785. The van der Waals surface area contributed by atoms with E-state index < -0.39 is 0 Å². The van der Waals surface area contributed by atoms with Crippen LogP contribution in [0.3, 0.4) is 0 Å². The first kappa shape index (κ1) is 15.0. The summed E-state index contributed by atoms with van der Waals surface area (Å²) < 4.78 is 0. The Morgan fingerprint density at radius 1 is 1.40 bits per heavy atom. The number of carbonyl (C=O) groups is 1. The highest BCUT2D eigenvalue weighted by molar-refractivity contribution is 5.81. The summed E-state index contributed by atoms with van der Waals surface area (Å²) in [4.78, 5) is 11.9. The lowest BCUT2D eigenvalue weighted by molar-refractivity contribution is -0.122. The molecule has 2 rings (SSSR count). The van der Waals surface area contributed by atoms with Gasteiger partial charge < -0.3 is 5.32 Å². The number of fused-ring (bicyclic) bond motifs is 1. The highest BCUT2D eigenvalue weighted by Crippen LogP contribution is 2.41. The molecule has 0 radical (unpaired) electrons. The number of benzene rings is 1. The average molecular weight is 274 g/mol. The molecule has 0 heterocycles. The van der Waals surface area contributed by atoms with E-state index in [4.69, 9.17) is 0 Å². The normalized spacial score (nSPS) is 21.9. The van der Waals surface area contributed by atoms with Gasteiger partial charge in [-0.15, -0.1) is 0 Å². The molecule has 1 amide bonds. The number of likely N-dealkylation sites (N-methyl/N-ethyl adjacent to an activating group) is 1. The molecule has 2 unspecified atom stereocenters. The van der Waals surface area contributed by atoms with Gasteiger partial charge in [-0.3, -0.25) is 10.1 Å². The summed E-state index contributed by atoms with van der Waals surface area (Å²) in [7, 11) is 0. The number of nitrogens with one attached hydrogen (secondary N) is 2. The zero-order valence-electron chi connectivity index (χ0n) is 13.0. The second-order valence-corrected chi connectivity index (χ2v) is 6.35. The van der Waals surface area contributed by atoms with Gasteiger partial charge in [0, 0.05) is 12.6 Å². The monoisotopic (exact) mass is 274 g/mol. The molecule has 2 atom stereocenters. The minimum atomic E-state index is -0.158. The Balaban J connectivity index is 2.17. The third-order valence-electron chi connectivity index (χ3n) is 4.32. The smallest absolute Gasteiger partial charge is 0.236 e. The fraction of sp³-hybridized carbons (Fsp3) is 0.588. The largest absolute Gasteiger partial charge is 0.355 e. The maximum absolute atomic E-state index is 11.9. The molecule has 1 aliphatic rings. The quantitative estimate of drug-likeness (QED) is 0.886. The predicted octanol–water partition coefficient (Wildman–Crippen LogP) is 2.91. The molecule has 0 aliphatic heterocycles. The molecule has 2 N–H and O–H groups in total. The summed E-state index contributed by atoms with van der Waals surface area (Å²) in [6.07, 6.45) is 2.22. The first-order valence-corrected chi connectivity index (χ1v) is 7.59. The Labute approximate surface area is 122 Å². The van der Waals surface area contributed by atoms with E-state index >= 15 is 0 Å². The summed E-state index contributed by atoms with van der Waals surface area (Å²) in [5.41, 5.74) is 2.98. The SMILES string of the molecule is CCNC(=O)C(C)NC1CCC(C)(C)c2ccccc21. The van der Waals surface area contributed by atoms with Crippen molar-refractivity contribution >= 4 is 5.91 Å². The Bertz CT molecular complexity index is 482. The van der Waals surface area contributed by atoms with Crippen LogP contribution in [-0.2, 0) is 10.2 Å². The summed E-state index contributed by atoms with van der Waals surface area (Å²) in [5, 5.41) is 6.36. The Kier molecular flexibility index (Phi) is 4.48. The number of hydrogen-bond acceptors (Lipinski definition) is 2. The van der Waals surface area contributed by atoms with E-state index in [0.29, 0.717) is 6.54 Å². The van der Waals surface area contributed by atoms with E-state index in [9.17, 15) is 4.79 Å². The number of rotatable bonds is 4. The molecule has 3 nitrogen and oxygen atoms in total. The molecule has 0 spiro atoms. The molecule has 0 saturated carbocycles. The van der Waals surface area contributed by atoms with Crippen molar-refractivity contribution in [1.82, 2.24) is 10.6 Å². The second-order valence-electron chi connectivity index (χ2n) is 6.35. The minimum Gasteiger partial charge on any atom is -0.355 e.